The van der Waals surface area contributed by atoms with Crippen molar-refractivity contribution in [2.75, 3.05) is 0 Å². The normalized spacial score (nSPS) is 11.7. The number of rotatable bonds is 6. The number of hydrogen-bond acceptors (Lipinski definition) is 2. The first kappa shape index (κ1) is 15.5. The fourth-order valence-corrected chi connectivity index (χ4v) is 1.03. The van der Waals surface area contributed by atoms with E-state index in [1.54, 1.807) is 0 Å². The minimum atomic E-state index is -2.86. The van der Waals surface area contributed by atoms with Gasteiger partial charge in [0.1, 0.15) is 0 Å². The topological polar surface area (TPSA) is 60.4 Å². The first-order chi connectivity index (χ1) is 6.15. The van der Waals surface area contributed by atoms with E-state index < -0.39 is 11.4 Å². The van der Waals surface area contributed by atoms with E-state index >= 15 is 0 Å². The van der Waals surface area contributed by atoms with Crippen LogP contribution in [0.3, 0.4) is 0 Å². The molecule has 0 amide bonds. The summed E-state index contributed by atoms with van der Waals surface area (Å²) < 4.78 is 24.1. The van der Waals surface area contributed by atoms with Crippen molar-refractivity contribution in [1.82, 2.24) is 0 Å². The van der Waals surface area contributed by atoms with Gasteiger partial charge in [0, 0.05) is 0 Å². The summed E-state index contributed by atoms with van der Waals surface area (Å²) >= 11 is -2.86. The molecule has 0 aromatic carbocycles. The van der Waals surface area contributed by atoms with Crippen molar-refractivity contribution in [3.05, 3.63) is 0 Å². The molecular weight excluding hydrogens is 188 g/mol. The molecule has 13 heavy (non-hydrogen) atoms. The van der Waals surface area contributed by atoms with Crippen LogP contribution in [0.25, 0.3) is 0 Å². The van der Waals surface area contributed by atoms with E-state index in [9.17, 15) is 0 Å². The van der Waals surface area contributed by atoms with E-state index in [1.165, 1.54) is 44.9 Å². The maximum absolute atomic E-state index is 8.56. The lowest BCUT2D eigenvalue weighted by Gasteiger charge is -1.96. The Bertz CT molecular complexity index is 97.0. The Morgan fingerprint density at radius 1 is 1.00 bits per heavy atom. The molecule has 0 saturated carbocycles. The summed E-state index contributed by atoms with van der Waals surface area (Å²) in [5.41, 5.74) is 0. The Morgan fingerprint density at radius 2 is 1.23 bits per heavy atom. The average Bonchev–Trinajstić information content (AvgIpc) is 2.03. The Balaban J connectivity index is 0. The van der Waals surface area contributed by atoms with E-state index in [2.05, 4.69) is 13.8 Å². The van der Waals surface area contributed by atoms with Gasteiger partial charge in [-0.1, -0.05) is 58.8 Å². The van der Waals surface area contributed by atoms with Gasteiger partial charge in [-0.2, -0.15) is 0 Å². The van der Waals surface area contributed by atoms with Crippen molar-refractivity contribution in [3.8, 4) is 0 Å². The highest BCUT2D eigenvalue weighted by Crippen LogP contribution is 2.05. The number of hydrogen-bond donors (Lipinski definition) is 1. The van der Waals surface area contributed by atoms with Crippen LogP contribution in [0.2, 0.25) is 0 Å². The maximum Gasteiger partial charge on any atom is 0.0814 e. The van der Waals surface area contributed by atoms with Gasteiger partial charge < -0.3 is 9.11 Å². The van der Waals surface area contributed by atoms with Crippen LogP contribution in [-0.4, -0.2) is 13.3 Å². The molecule has 0 saturated heterocycles. The van der Waals surface area contributed by atoms with Crippen molar-refractivity contribution in [2.45, 2.75) is 58.8 Å². The second kappa shape index (κ2) is 14.6. The lowest BCUT2D eigenvalue weighted by Crippen LogP contribution is -1.76. The largest absolute Gasteiger partial charge is 0.750 e. The zero-order valence-electron chi connectivity index (χ0n) is 8.62. The van der Waals surface area contributed by atoms with Crippen molar-refractivity contribution >= 4 is 11.4 Å². The van der Waals surface area contributed by atoms with Crippen LogP contribution in [0, 0.1) is 0 Å². The molecule has 3 nitrogen and oxygen atoms in total. The molecule has 1 atom stereocenters. The van der Waals surface area contributed by atoms with Gasteiger partial charge in [-0.3, -0.25) is 0 Å². The van der Waals surface area contributed by atoms with Crippen LogP contribution >= 0.6 is 0 Å². The molecule has 0 rings (SSSR count). The predicted octanol–water partition coefficient (Wildman–Crippen LogP) is 3.10. The quantitative estimate of drug-likeness (QED) is 0.540. The van der Waals surface area contributed by atoms with E-state index in [1.807, 2.05) is 0 Å². The molecule has 0 spiro atoms. The maximum atomic E-state index is 8.56. The first-order valence-corrected chi connectivity index (χ1v) is 5.96. The second-order valence-electron chi connectivity index (χ2n) is 2.98. The third-order valence-corrected chi connectivity index (χ3v) is 1.71. The van der Waals surface area contributed by atoms with Gasteiger partial charge in [0.2, 0.25) is 0 Å². The summed E-state index contributed by atoms with van der Waals surface area (Å²) in [5.74, 6) is 0. The van der Waals surface area contributed by atoms with E-state index in [0.717, 1.165) is 0 Å². The minimum absolute atomic E-state index is 1.37. The van der Waals surface area contributed by atoms with Crippen molar-refractivity contribution < 1.29 is 13.3 Å². The Kier molecular flexibility index (Phi) is 17.4. The molecule has 0 aliphatic carbocycles. The van der Waals surface area contributed by atoms with E-state index in [4.69, 9.17) is 13.3 Å². The molecule has 82 valence electrons. The van der Waals surface area contributed by atoms with Gasteiger partial charge in [0.05, 0.1) is 11.4 Å². The van der Waals surface area contributed by atoms with Gasteiger partial charge in [0.25, 0.3) is 0 Å². The van der Waals surface area contributed by atoms with Gasteiger partial charge in [-0.05, 0) is 0 Å². The highest BCUT2D eigenvalue weighted by Gasteiger charge is 1.85. The summed E-state index contributed by atoms with van der Waals surface area (Å²) in [4.78, 5) is 0. The molecule has 1 unspecified atom stereocenters. The molecule has 4 heteroatoms. The second-order valence-corrected chi connectivity index (χ2v) is 3.42. The van der Waals surface area contributed by atoms with E-state index in [-0.39, 0.29) is 0 Å². The van der Waals surface area contributed by atoms with Crippen LogP contribution in [0.5, 0.6) is 0 Å². The van der Waals surface area contributed by atoms with Crippen LogP contribution in [0.1, 0.15) is 58.8 Å². The molecule has 0 heterocycles. The molecule has 0 radical (unpaired) electrons. The van der Waals surface area contributed by atoms with Crippen molar-refractivity contribution in [1.29, 1.82) is 0 Å². The Morgan fingerprint density at radius 3 is 1.46 bits per heavy atom. The van der Waals surface area contributed by atoms with Gasteiger partial charge >= 0.3 is 0 Å². The molecule has 0 aliphatic rings. The molecule has 0 aromatic heterocycles. The molecule has 0 fully saturated rings. The van der Waals surface area contributed by atoms with Crippen LogP contribution in [0.4, 0.5) is 0 Å². The Hall–Kier alpha value is 0.0700. The summed E-state index contributed by atoms with van der Waals surface area (Å²) in [6, 6.07) is 0. The summed E-state index contributed by atoms with van der Waals surface area (Å²) in [5, 5.41) is 0. The average molecular weight is 209 g/mol. The third-order valence-electron chi connectivity index (χ3n) is 1.71. The van der Waals surface area contributed by atoms with Crippen LogP contribution in [-0.2, 0) is 11.4 Å². The fourth-order valence-electron chi connectivity index (χ4n) is 1.03. The van der Waals surface area contributed by atoms with E-state index in [0.29, 0.717) is 0 Å². The predicted molar refractivity (Wildman–Crippen MR) is 55.2 cm³/mol. The van der Waals surface area contributed by atoms with Crippen molar-refractivity contribution in [2.24, 2.45) is 0 Å². The number of unbranched alkanes of at least 4 members (excludes halogenated alkanes) is 6. The van der Waals surface area contributed by atoms with Gasteiger partial charge in [-0.15, -0.1) is 0 Å². The van der Waals surface area contributed by atoms with Crippen LogP contribution in [0.15, 0.2) is 0 Å². The fraction of sp³-hybridized carbons (Fsp3) is 1.00. The molecule has 0 aromatic rings. The lowest BCUT2D eigenvalue weighted by atomic mass is 10.1. The lowest BCUT2D eigenvalue weighted by molar-refractivity contribution is 0.436. The highest BCUT2D eigenvalue weighted by molar-refractivity contribution is 7.73. The zero-order chi connectivity index (χ0) is 10.5. The summed E-state index contributed by atoms with van der Waals surface area (Å²) in [6.07, 6.45) is 9.97. The standard InChI is InChI=1S/C9H20.H2O3S/c1-3-5-7-9-8-6-4-2;1-4(2)3/h3-9H2,1-2H3;(H2,1,2,3)/p-1. The highest BCUT2D eigenvalue weighted by atomic mass is 32.2. The minimum Gasteiger partial charge on any atom is -0.750 e. The molecule has 1 N–H and O–H groups in total. The van der Waals surface area contributed by atoms with Crippen LogP contribution < -0.4 is 0 Å². The van der Waals surface area contributed by atoms with Crippen molar-refractivity contribution in [3.63, 3.8) is 0 Å². The SMILES string of the molecule is CCCCCCCCC.O=S([O-])O. The molecular formula is C9H21O3S-. The third kappa shape index (κ3) is 33.2. The summed E-state index contributed by atoms with van der Waals surface area (Å²) in [7, 11) is 0. The molecule has 0 aliphatic heterocycles. The zero-order valence-corrected chi connectivity index (χ0v) is 9.44. The summed E-state index contributed by atoms with van der Waals surface area (Å²) in [6.45, 7) is 4.53. The van der Waals surface area contributed by atoms with Gasteiger partial charge in [0.15, 0.2) is 0 Å². The van der Waals surface area contributed by atoms with Gasteiger partial charge in [-0.25, -0.2) is 4.21 Å². The Labute approximate surface area is 84.0 Å². The molecule has 0 bridgehead atoms. The monoisotopic (exact) mass is 209 g/mol. The first-order valence-electron chi connectivity index (χ1n) is 4.93. The smallest absolute Gasteiger partial charge is 0.0814 e.